The number of rotatable bonds is 2. The summed E-state index contributed by atoms with van der Waals surface area (Å²) in [5.41, 5.74) is 1.54. The lowest BCUT2D eigenvalue weighted by atomic mass is 10.0. The van der Waals surface area contributed by atoms with E-state index in [0.29, 0.717) is 0 Å². The molecule has 0 unspecified atom stereocenters. The van der Waals surface area contributed by atoms with E-state index < -0.39 is 0 Å². The first-order valence-corrected chi connectivity index (χ1v) is 6.20. The molecule has 0 atom stereocenters. The van der Waals surface area contributed by atoms with Crippen LogP contribution in [0, 0.1) is 6.92 Å². The predicted octanol–water partition coefficient (Wildman–Crippen LogP) is 4.05. The number of hydrogen-bond donors (Lipinski definition) is 0. The minimum absolute atomic E-state index is 0.0984. The summed E-state index contributed by atoms with van der Waals surface area (Å²) in [7, 11) is 0. The van der Waals surface area contributed by atoms with Crippen molar-refractivity contribution in [3.05, 3.63) is 56.2 Å². The van der Waals surface area contributed by atoms with E-state index in [4.69, 9.17) is 0 Å². The van der Waals surface area contributed by atoms with Crippen molar-refractivity contribution in [2.45, 2.75) is 6.92 Å². The fraction of sp³-hybridized carbons (Fsp3) is 0.0833. The van der Waals surface area contributed by atoms with E-state index in [1.807, 2.05) is 42.6 Å². The van der Waals surface area contributed by atoms with Gasteiger partial charge in [-0.25, -0.2) is 0 Å². The molecule has 15 heavy (non-hydrogen) atoms. The lowest BCUT2D eigenvalue weighted by Crippen LogP contribution is -2.00. The van der Waals surface area contributed by atoms with Gasteiger partial charge in [-0.05, 0) is 42.6 Å². The summed E-state index contributed by atoms with van der Waals surface area (Å²) in [6, 6.07) is 9.32. The smallest absolute Gasteiger partial charge is 0.194 e. The fourth-order valence-corrected chi connectivity index (χ4v) is 2.34. The Labute approximate surface area is 101 Å². The van der Waals surface area contributed by atoms with Crippen molar-refractivity contribution in [2.75, 3.05) is 0 Å². The van der Waals surface area contributed by atoms with Gasteiger partial charge in [0.15, 0.2) is 5.78 Å². The zero-order chi connectivity index (χ0) is 10.8. The Morgan fingerprint density at radius 1 is 1.20 bits per heavy atom. The van der Waals surface area contributed by atoms with Crippen LogP contribution in [0.3, 0.4) is 0 Å². The third-order valence-corrected chi connectivity index (χ3v) is 3.58. The number of halogens is 1. The first-order valence-electron chi connectivity index (χ1n) is 4.53. The summed E-state index contributed by atoms with van der Waals surface area (Å²) in [5.74, 6) is 0.0984. The molecule has 3 heteroatoms. The lowest BCUT2D eigenvalue weighted by molar-refractivity contribution is 0.103. The molecule has 0 bridgehead atoms. The molecule has 0 spiro atoms. The summed E-state index contributed by atoms with van der Waals surface area (Å²) in [4.78, 5) is 13.1. The molecule has 1 heterocycles. The Kier molecular flexibility index (Phi) is 3.03. The molecule has 0 saturated carbocycles. The van der Waals surface area contributed by atoms with Crippen molar-refractivity contribution in [3.63, 3.8) is 0 Å². The number of benzene rings is 1. The summed E-state index contributed by atoms with van der Waals surface area (Å²) >= 11 is 4.95. The number of carbonyl (C=O) groups is 1. The Balaban J connectivity index is 2.37. The molecule has 0 amide bonds. The van der Waals surface area contributed by atoms with Crippen molar-refractivity contribution in [2.24, 2.45) is 0 Å². The van der Waals surface area contributed by atoms with Gasteiger partial charge >= 0.3 is 0 Å². The van der Waals surface area contributed by atoms with E-state index in [0.717, 1.165) is 20.5 Å². The number of aryl methyl sites for hydroxylation is 1. The van der Waals surface area contributed by atoms with E-state index in [2.05, 4.69) is 15.9 Å². The number of carbonyl (C=O) groups excluding carboxylic acids is 1. The number of ketones is 1. The maximum absolute atomic E-state index is 12.0. The van der Waals surface area contributed by atoms with Crippen molar-refractivity contribution in [3.8, 4) is 0 Å². The fourth-order valence-electron chi connectivity index (χ4n) is 1.38. The van der Waals surface area contributed by atoms with Gasteiger partial charge in [0.2, 0.25) is 0 Å². The van der Waals surface area contributed by atoms with E-state index in [1.165, 1.54) is 0 Å². The van der Waals surface area contributed by atoms with Crippen molar-refractivity contribution < 1.29 is 4.79 Å². The van der Waals surface area contributed by atoms with Crippen molar-refractivity contribution in [1.82, 2.24) is 0 Å². The van der Waals surface area contributed by atoms with Crippen molar-refractivity contribution >= 4 is 33.0 Å². The standard InChI is InChI=1S/C12H9BrOS/c1-8-11(6-7-15-8)12(14)9-2-4-10(13)5-3-9/h2-7H,1H3. The third kappa shape index (κ3) is 2.19. The Morgan fingerprint density at radius 2 is 1.87 bits per heavy atom. The largest absolute Gasteiger partial charge is 0.289 e. The second-order valence-corrected chi connectivity index (χ2v) is 5.26. The van der Waals surface area contributed by atoms with Crippen molar-refractivity contribution in [1.29, 1.82) is 0 Å². The normalized spacial score (nSPS) is 10.3. The Hall–Kier alpha value is -0.930. The van der Waals surface area contributed by atoms with Crippen LogP contribution in [-0.4, -0.2) is 5.78 Å². The Morgan fingerprint density at radius 3 is 2.40 bits per heavy atom. The molecule has 0 saturated heterocycles. The van der Waals surface area contributed by atoms with Gasteiger partial charge in [0.1, 0.15) is 0 Å². The predicted molar refractivity (Wildman–Crippen MR) is 66.6 cm³/mol. The summed E-state index contributed by atoms with van der Waals surface area (Å²) in [6.07, 6.45) is 0. The quantitative estimate of drug-likeness (QED) is 0.759. The maximum atomic E-state index is 12.0. The van der Waals surface area contributed by atoms with Crippen LogP contribution in [0.25, 0.3) is 0 Å². The first-order chi connectivity index (χ1) is 7.18. The average Bonchev–Trinajstić information content (AvgIpc) is 2.65. The molecule has 0 radical (unpaired) electrons. The molecule has 0 fully saturated rings. The highest BCUT2D eigenvalue weighted by Gasteiger charge is 2.11. The summed E-state index contributed by atoms with van der Waals surface area (Å²) in [5, 5.41) is 1.95. The molecule has 76 valence electrons. The molecule has 2 rings (SSSR count). The maximum Gasteiger partial charge on any atom is 0.194 e. The topological polar surface area (TPSA) is 17.1 Å². The molecule has 1 aromatic heterocycles. The first kappa shape index (κ1) is 10.6. The van der Waals surface area contributed by atoms with Crippen LogP contribution < -0.4 is 0 Å². The average molecular weight is 281 g/mol. The van der Waals surface area contributed by atoms with Gasteiger partial charge in [-0.1, -0.05) is 15.9 Å². The van der Waals surface area contributed by atoms with Crippen LogP contribution >= 0.6 is 27.3 Å². The molecule has 0 aliphatic rings. The molecule has 2 aromatic rings. The zero-order valence-electron chi connectivity index (χ0n) is 8.16. The molecular formula is C12H9BrOS. The second kappa shape index (κ2) is 4.29. The molecule has 0 aliphatic carbocycles. The van der Waals surface area contributed by atoms with Crippen LogP contribution in [0.1, 0.15) is 20.8 Å². The minimum atomic E-state index is 0.0984. The highest BCUT2D eigenvalue weighted by Crippen LogP contribution is 2.20. The molecule has 0 aliphatic heterocycles. The van der Waals surface area contributed by atoms with Crippen LogP contribution in [0.15, 0.2) is 40.2 Å². The highest BCUT2D eigenvalue weighted by molar-refractivity contribution is 9.10. The molecular weight excluding hydrogens is 272 g/mol. The second-order valence-electron chi connectivity index (χ2n) is 3.23. The highest BCUT2D eigenvalue weighted by atomic mass is 79.9. The van der Waals surface area contributed by atoms with Crippen LogP contribution in [0.4, 0.5) is 0 Å². The van der Waals surface area contributed by atoms with Gasteiger partial charge in [-0.2, -0.15) is 0 Å². The Bertz CT molecular complexity index is 485. The minimum Gasteiger partial charge on any atom is -0.289 e. The molecule has 1 aromatic carbocycles. The third-order valence-electron chi connectivity index (χ3n) is 2.21. The van der Waals surface area contributed by atoms with E-state index in [9.17, 15) is 4.79 Å². The zero-order valence-corrected chi connectivity index (χ0v) is 10.6. The van der Waals surface area contributed by atoms with Crippen LogP contribution in [0.5, 0.6) is 0 Å². The van der Waals surface area contributed by atoms with Gasteiger partial charge in [0, 0.05) is 20.5 Å². The van der Waals surface area contributed by atoms with Gasteiger partial charge in [0.25, 0.3) is 0 Å². The number of hydrogen-bond acceptors (Lipinski definition) is 2. The summed E-state index contributed by atoms with van der Waals surface area (Å²) < 4.78 is 0.987. The van der Waals surface area contributed by atoms with Gasteiger partial charge in [-0.3, -0.25) is 4.79 Å². The monoisotopic (exact) mass is 280 g/mol. The van der Waals surface area contributed by atoms with Gasteiger partial charge in [-0.15, -0.1) is 11.3 Å². The van der Waals surface area contributed by atoms with Crippen LogP contribution in [-0.2, 0) is 0 Å². The van der Waals surface area contributed by atoms with E-state index in [1.54, 1.807) is 11.3 Å². The molecule has 1 nitrogen and oxygen atoms in total. The van der Waals surface area contributed by atoms with Crippen LogP contribution in [0.2, 0.25) is 0 Å². The van der Waals surface area contributed by atoms with E-state index in [-0.39, 0.29) is 5.78 Å². The van der Waals surface area contributed by atoms with Gasteiger partial charge < -0.3 is 0 Å². The lowest BCUT2D eigenvalue weighted by Gasteiger charge is -2.00. The number of thiophene rings is 1. The molecule has 0 N–H and O–H groups in total. The SMILES string of the molecule is Cc1sccc1C(=O)c1ccc(Br)cc1. The van der Waals surface area contributed by atoms with Gasteiger partial charge in [0.05, 0.1) is 0 Å². The van der Waals surface area contributed by atoms with E-state index >= 15 is 0 Å². The summed E-state index contributed by atoms with van der Waals surface area (Å²) in [6.45, 7) is 1.97.